The van der Waals surface area contributed by atoms with Crippen LogP contribution in [-0.2, 0) is 0 Å². The van der Waals surface area contributed by atoms with Crippen LogP contribution in [0.5, 0.6) is 5.75 Å². The summed E-state index contributed by atoms with van der Waals surface area (Å²) in [7, 11) is 1.62. The van der Waals surface area contributed by atoms with Gasteiger partial charge < -0.3 is 10.1 Å². The highest BCUT2D eigenvalue weighted by molar-refractivity contribution is 6.30. The fourth-order valence-corrected chi connectivity index (χ4v) is 3.10. The van der Waals surface area contributed by atoms with E-state index in [0.29, 0.717) is 10.7 Å². The average molecular weight is 340 g/mol. The van der Waals surface area contributed by atoms with Crippen LogP contribution in [0.1, 0.15) is 27.7 Å². The molecular weight excluding hydrogens is 326 g/mol. The third kappa shape index (κ3) is 2.34. The van der Waals surface area contributed by atoms with Crippen LogP contribution < -0.4 is 10.1 Å². The van der Waals surface area contributed by atoms with Gasteiger partial charge in [0.1, 0.15) is 11.4 Å². The molecule has 120 valence electrons. The van der Waals surface area contributed by atoms with E-state index in [4.69, 9.17) is 16.3 Å². The van der Waals surface area contributed by atoms with Crippen molar-refractivity contribution in [2.45, 2.75) is 6.04 Å². The summed E-state index contributed by atoms with van der Waals surface area (Å²) in [6, 6.07) is 14.8. The zero-order chi connectivity index (χ0) is 16.7. The molecule has 0 fully saturated rings. The Morgan fingerprint density at radius 2 is 1.96 bits per heavy atom. The molecule has 24 heavy (non-hydrogen) atoms. The van der Waals surface area contributed by atoms with E-state index in [1.54, 1.807) is 7.11 Å². The molecule has 3 aromatic rings. The van der Waals surface area contributed by atoms with Crippen LogP contribution in [0, 0.1) is 0 Å². The number of carbonyl (C=O) groups is 1. The van der Waals surface area contributed by atoms with E-state index in [2.05, 4.69) is 15.5 Å². The van der Waals surface area contributed by atoms with E-state index < -0.39 is 0 Å². The first-order valence-corrected chi connectivity index (χ1v) is 7.84. The van der Waals surface area contributed by atoms with Gasteiger partial charge in [-0.1, -0.05) is 35.9 Å². The second kappa shape index (κ2) is 5.69. The Morgan fingerprint density at radius 3 is 2.71 bits per heavy atom. The molecule has 2 heterocycles. The SMILES string of the molecule is COc1cccc(-c2n[nH]c3c2C(c2ccc(Cl)cc2)NC3=O)c1. The van der Waals surface area contributed by atoms with E-state index in [-0.39, 0.29) is 11.9 Å². The molecule has 0 radical (unpaired) electrons. The quantitative estimate of drug-likeness (QED) is 0.766. The number of hydrogen-bond acceptors (Lipinski definition) is 3. The number of nitrogens with zero attached hydrogens (tertiary/aromatic N) is 1. The molecule has 1 aliphatic rings. The van der Waals surface area contributed by atoms with Gasteiger partial charge in [0.2, 0.25) is 0 Å². The molecule has 5 nitrogen and oxygen atoms in total. The molecule has 0 aliphatic carbocycles. The molecule has 1 unspecified atom stereocenters. The number of H-pyrrole nitrogens is 1. The molecule has 0 saturated heterocycles. The minimum absolute atomic E-state index is 0.161. The third-order valence-corrected chi connectivity index (χ3v) is 4.39. The summed E-state index contributed by atoms with van der Waals surface area (Å²) in [6.45, 7) is 0. The standard InChI is InChI=1S/C18H14ClN3O2/c1-24-13-4-2-3-11(9-13)16-14-15(10-5-7-12(19)8-6-10)20-18(23)17(14)22-21-16/h2-9,15H,1H3,(H,20,23)(H,21,22). The Balaban J connectivity index is 1.84. The predicted octanol–water partition coefficient (Wildman–Crippen LogP) is 3.57. The summed E-state index contributed by atoms with van der Waals surface area (Å²) in [6.07, 6.45) is 0. The monoisotopic (exact) mass is 339 g/mol. The highest BCUT2D eigenvalue weighted by atomic mass is 35.5. The summed E-state index contributed by atoms with van der Waals surface area (Å²) in [5.74, 6) is 0.580. The maximum absolute atomic E-state index is 12.3. The lowest BCUT2D eigenvalue weighted by molar-refractivity contribution is 0.0955. The number of halogens is 1. The first-order chi connectivity index (χ1) is 11.7. The fourth-order valence-electron chi connectivity index (χ4n) is 2.98. The molecule has 1 aliphatic heterocycles. The van der Waals surface area contributed by atoms with Crippen LogP contribution in [0.3, 0.4) is 0 Å². The van der Waals surface area contributed by atoms with Gasteiger partial charge >= 0.3 is 0 Å². The van der Waals surface area contributed by atoms with Crippen molar-refractivity contribution in [3.8, 4) is 17.0 Å². The summed E-state index contributed by atoms with van der Waals surface area (Å²) in [5, 5.41) is 10.9. The van der Waals surface area contributed by atoms with Crippen molar-refractivity contribution in [2.75, 3.05) is 7.11 Å². The maximum Gasteiger partial charge on any atom is 0.270 e. The minimum Gasteiger partial charge on any atom is -0.497 e. The van der Waals surface area contributed by atoms with Crippen LogP contribution in [0.15, 0.2) is 48.5 Å². The Hall–Kier alpha value is -2.79. The summed E-state index contributed by atoms with van der Waals surface area (Å²) in [5.41, 5.74) is 3.92. The fraction of sp³-hybridized carbons (Fsp3) is 0.111. The van der Waals surface area contributed by atoms with Gasteiger partial charge in [0.15, 0.2) is 0 Å². The van der Waals surface area contributed by atoms with Gasteiger partial charge in [0, 0.05) is 16.1 Å². The summed E-state index contributed by atoms with van der Waals surface area (Å²) >= 11 is 5.97. The molecule has 2 N–H and O–H groups in total. The van der Waals surface area contributed by atoms with Crippen molar-refractivity contribution < 1.29 is 9.53 Å². The number of methoxy groups -OCH3 is 1. The van der Waals surface area contributed by atoms with E-state index >= 15 is 0 Å². The van der Waals surface area contributed by atoms with Crippen LogP contribution in [-0.4, -0.2) is 23.2 Å². The Kier molecular flexibility index (Phi) is 3.50. The first-order valence-electron chi connectivity index (χ1n) is 7.46. The van der Waals surface area contributed by atoms with Gasteiger partial charge in [-0.3, -0.25) is 9.89 Å². The number of benzene rings is 2. The van der Waals surface area contributed by atoms with Crippen molar-refractivity contribution in [3.63, 3.8) is 0 Å². The van der Waals surface area contributed by atoms with Gasteiger partial charge in [-0.25, -0.2) is 0 Å². The number of aromatic nitrogens is 2. The number of carbonyl (C=O) groups excluding carboxylic acids is 1. The van der Waals surface area contributed by atoms with E-state index in [0.717, 1.165) is 28.1 Å². The molecule has 0 saturated carbocycles. The zero-order valence-corrected chi connectivity index (χ0v) is 13.6. The lowest BCUT2D eigenvalue weighted by Crippen LogP contribution is -2.21. The summed E-state index contributed by atoms with van der Waals surface area (Å²) in [4.78, 5) is 12.3. The average Bonchev–Trinajstić information content (AvgIpc) is 3.17. The highest BCUT2D eigenvalue weighted by Gasteiger charge is 2.35. The van der Waals surface area contributed by atoms with Crippen LogP contribution in [0.25, 0.3) is 11.3 Å². The third-order valence-electron chi connectivity index (χ3n) is 4.14. The van der Waals surface area contributed by atoms with Gasteiger partial charge in [-0.2, -0.15) is 5.10 Å². The molecule has 6 heteroatoms. The second-order valence-electron chi connectivity index (χ2n) is 5.55. The van der Waals surface area contributed by atoms with Crippen LogP contribution in [0.4, 0.5) is 0 Å². The number of fused-ring (bicyclic) bond motifs is 1. The number of nitrogens with one attached hydrogen (secondary N) is 2. The van der Waals surface area contributed by atoms with Crippen molar-refractivity contribution in [1.29, 1.82) is 0 Å². The molecule has 1 aromatic heterocycles. The molecule has 2 aromatic carbocycles. The number of ether oxygens (including phenoxy) is 1. The zero-order valence-electron chi connectivity index (χ0n) is 12.8. The number of amides is 1. The molecule has 1 atom stereocenters. The number of hydrogen-bond donors (Lipinski definition) is 2. The van der Waals surface area contributed by atoms with Gasteiger partial charge in [0.25, 0.3) is 5.91 Å². The molecule has 4 rings (SSSR count). The van der Waals surface area contributed by atoms with Gasteiger partial charge in [-0.05, 0) is 29.8 Å². The Morgan fingerprint density at radius 1 is 1.17 bits per heavy atom. The van der Waals surface area contributed by atoms with E-state index in [1.807, 2.05) is 48.5 Å². The Bertz CT molecular complexity index is 918. The molecule has 0 spiro atoms. The highest BCUT2D eigenvalue weighted by Crippen LogP contribution is 2.37. The second-order valence-corrected chi connectivity index (χ2v) is 5.99. The topological polar surface area (TPSA) is 67.0 Å². The normalized spacial score (nSPS) is 15.9. The van der Waals surface area contributed by atoms with Crippen molar-refractivity contribution in [2.24, 2.45) is 0 Å². The van der Waals surface area contributed by atoms with Crippen LogP contribution in [0.2, 0.25) is 5.02 Å². The van der Waals surface area contributed by atoms with E-state index in [1.165, 1.54) is 0 Å². The van der Waals surface area contributed by atoms with Crippen molar-refractivity contribution in [1.82, 2.24) is 15.5 Å². The summed E-state index contributed by atoms with van der Waals surface area (Å²) < 4.78 is 5.28. The number of aromatic amines is 1. The number of rotatable bonds is 3. The lowest BCUT2D eigenvalue weighted by Gasteiger charge is -2.13. The largest absolute Gasteiger partial charge is 0.497 e. The molecule has 0 bridgehead atoms. The lowest BCUT2D eigenvalue weighted by atomic mass is 9.97. The van der Waals surface area contributed by atoms with Crippen molar-refractivity contribution in [3.05, 3.63) is 70.4 Å². The smallest absolute Gasteiger partial charge is 0.270 e. The van der Waals surface area contributed by atoms with Crippen molar-refractivity contribution >= 4 is 17.5 Å². The Labute approximate surface area is 143 Å². The minimum atomic E-state index is -0.260. The first kappa shape index (κ1) is 14.8. The predicted molar refractivity (Wildman–Crippen MR) is 91.3 cm³/mol. The van der Waals surface area contributed by atoms with E-state index in [9.17, 15) is 4.79 Å². The van der Waals surface area contributed by atoms with Gasteiger partial charge in [0.05, 0.1) is 18.8 Å². The molecule has 1 amide bonds. The van der Waals surface area contributed by atoms with Gasteiger partial charge in [-0.15, -0.1) is 0 Å². The molecular formula is C18H14ClN3O2. The maximum atomic E-state index is 12.3. The van der Waals surface area contributed by atoms with Crippen LogP contribution >= 0.6 is 11.6 Å².